The van der Waals surface area contributed by atoms with Gasteiger partial charge in [0.05, 0.1) is 24.4 Å². The van der Waals surface area contributed by atoms with Gasteiger partial charge in [-0.2, -0.15) is 5.26 Å². The molecule has 2 aromatic carbocycles. The van der Waals surface area contributed by atoms with Crippen molar-refractivity contribution in [3.05, 3.63) is 56.1 Å². The van der Waals surface area contributed by atoms with Gasteiger partial charge in [0.2, 0.25) is 0 Å². The van der Waals surface area contributed by atoms with Gasteiger partial charge in [0.15, 0.2) is 11.5 Å². The number of amides is 1. The monoisotopic (exact) mass is 482 g/mol. The van der Waals surface area contributed by atoms with Gasteiger partial charge in [-0.3, -0.25) is 4.79 Å². The van der Waals surface area contributed by atoms with Gasteiger partial charge in [0.1, 0.15) is 11.6 Å². The normalized spacial score (nSPS) is 10.8. The first-order chi connectivity index (χ1) is 12.5. The fraction of sp³-hybridized carbons (Fsp3) is 0.158. The summed E-state index contributed by atoms with van der Waals surface area (Å²) in [5.74, 6) is 0.358. The summed E-state index contributed by atoms with van der Waals surface area (Å²) in [7, 11) is 1.50. The third-order valence-electron chi connectivity index (χ3n) is 3.34. The van der Waals surface area contributed by atoms with Gasteiger partial charge in [-0.1, -0.05) is 23.7 Å². The SMILES string of the molecule is CCOc1c(Cl)cc(/C=C(/C#N)C(=O)Nc2ccccc2I)cc1OC. The number of rotatable bonds is 6. The fourth-order valence-electron chi connectivity index (χ4n) is 2.18. The van der Waals surface area contributed by atoms with E-state index in [1.807, 2.05) is 31.2 Å². The molecule has 1 amide bonds. The van der Waals surface area contributed by atoms with Crippen molar-refractivity contribution < 1.29 is 14.3 Å². The van der Waals surface area contributed by atoms with Crippen molar-refractivity contribution in [2.24, 2.45) is 0 Å². The first-order valence-corrected chi connectivity index (χ1v) is 9.13. The van der Waals surface area contributed by atoms with Crippen molar-refractivity contribution in [3.8, 4) is 17.6 Å². The van der Waals surface area contributed by atoms with Crippen LogP contribution < -0.4 is 14.8 Å². The van der Waals surface area contributed by atoms with E-state index in [-0.39, 0.29) is 5.57 Å². The predicted octanol–water partition coefficient (Wildman–Crippen LogP) is 4.90. The van der Waals surface area contributed by atoms with Crippen molar-refractivity contribution in [2.45, 2.75) is 6.92 Å². The van der Waals surface area contributed by atoms with Crippen LogP contribution in [0.4, 0.5) is 5.69 Å². The standard InChI is InChI=1S/C19H16ClIN2O3/c1-3-26-18-14(20)9-12(10-17(18)25-2)8-13(11-22)19(24)23-16-7-5-4-6-15(16)21/h4-10H,3H2,1-2H3,(H,23,24)/b13-8-. The maximum absolute atomic E-state index is 12.4. The number of benzene rings is 2. The maximum atomic E-state index is 12.4. The molecule has 0 atom stereocenters. The van der Waals surface area contributed by atoms with Crippen LogP contribution in [0.15, 0.2) is 42.0 Å². The molecule has 5 nitrogen and oxygen atoms in total. The zero-order chi connectivity index (χ0) is 19.1. The average molecular weight is 483 g/mol. The van der Waals surface area contributed by atoms with Gasteiger partial charge < -0.3 is 14.8 Å². The van der Waals surface area contributed by atoms with Gasteiger partial charge in [-0.05, 0) is 65.4 Å². The average Bonchev–Trinajstić information content (AvgIpc) is 2.63. The Balaban J connectivity index is 2.34. The van der Waals surface area contributed by atoms with E-state index in [0.29, 0.717) is 34.4 Å². The number of carbonyl (C=O) groups excluding carboxylic acids is 1. The Morgan fingerprint density at radius 2 is 2.12 bits per heavy atom. The number of carbonyl (C=O) groups is 1. The first kappa shape index (κ1) is 20.1. The summed E-state index contributed by atoms with van der Waals surface area (Å²) in [6.07, 6.45) is 1.45. The number of ether oxygens (including phenoxy) is 2. The quantitative estimate of drug-likeness (QED) is 0.361. The molecule has 0 fully saturated rings. The second kappa shape index (κ2) is 9.46. The van der Waals surface area contributed by atoms with Gasteiger partial charge in [0.25, 0.3) is 5.91 Å². The largest absolute Gasteiger partial charge is 0.493 e. The van der Waals surface area contributed by atoms with Crippen molar-refractivity contribution >= 4 is 51.9 Å². The summed E-state index contributed by atoms with van der Waals surface area (Å²) in [5.41, 5.74) is 1.15. The molecule has 0 aliphatic heterocycles. The number of nitrogens with zero attached hydrogens (tertiary/aromatic N) is 1. The van der Waals surface area contributed by atoms with E-state index in [1.54, 1.807) is 18.2 Å². The molecule has 0 aliphatic rings. The molecule has 0 saturated carbocycles. The number of nitriles is 1. The summed E-state index contributed by atoms with van der Waals surface area (Å²) >= 11 is 8.34. The second-order valence-corrected chi connectivity index (χ2v) is 6.64. The Bertz CT molecular complexity index is 891. The topological polar surface area (TPSA) is 71.3 Å². The highest BCUT2D eigenvalue weighted by molar-refractivity contribution is 14.1. The van der Waals surface area contributed by atoms with Crippen LogP contribution in [-0.4, -0.2) is 19.6 Å². The minimum Gasteiger partial charge on any atom is -0.493 e. The van der Waals surface area contributed by atoms with Crippen LogP contribution in [0.2, 0.25) is 5.02 Å². The van der Waals surface area contributed by atoms with Crippen LogP contribution in [-0.2, 0) is 4.79 Å². The molecule has 0 saturated heterocycles. The molecule has 0 aliphatic carbocycles. The molecule has 0 unspecified atom stereocenters. The van der Waals surface area contributed by atoms with Gasteiger partial charge >= 0.3 is 0 Å². The summed E-state index contributed by atoms with van der Waals surface area (Å²) in [6, 6.07) is 12.5. The van der Waals surface area contributed by atoms with Crippen LogP contribution in [0.5, 0.6) is 11.5 Å². The molecule has 1 N–H and O–H groups in total. The molecule has 134 valence electrons. The van der Waals surface area contributed by atoms with E-state index < -0.39 is 5.91 Å². The zero-order valence-corrected chi connectivity index (χ0v) is 17.1. The summed E-state index contributed by atoms with van der Waals surface area (Å²) in [4.78, 5) is 12.4. The minimum absolute atomic E-state index is 0.0491. The van der Waals surface area contributed by atoms with E-state index in [1.165, 1.54) is 13.2 Å². The molecule has 7 heteroatoms. The van der Waals surface area contributed by atoms with Crippen molar-refractivity contribution in [1.82, 2.24) is 0 Å². The summed E-state index contributed by atoms with van der Waals surface area (Å²) in [5, 5.41) is 12.4. The number of anilines is 1. The lowest BCUT2D eigenvalue weighted by molar-refractivity contribution is -0.112. The number of para-hydroxylation sites is 1. The van der Waals surface area contributed by atoms with Crippen LogP contribution in [0.25, 0.3) is 6.08 Å². The molecule has 0 aromatic heterocycles. The van der Waals surface area contributed by atoms with Crippen LogP contribution >= 0.6 is 34.2 Å². The summed E-state index contributed by atoms with van der Waals surface area (Å²) < 4.78 is 11.6. The minimum atomic E-state index is -0.499. The van der Waals surface area contributed by atoms with E-state index in [4.69, 9.17) is 21.1 Å². The van der Waals surface area contributed by atoms with Gasteiger partial charge in [0, 0.05) is 3.57 Å². The predicted molar refractivity (Wildman–Crippen MR) is 111 cm³/mol. The third-order valence-corrected chi connectivity index (χ3v) is 4.56. The third kappa shape index (κ3) is 4.90. The molecule has 2 aromatic rings. The molecular formula is C19H16ClIN2O3. The van der Waals surface area contributed by atoms with Crippen LogP contribution in [0.1, 0.15) is 12.5 Å². The van der Waals surface area contributed by atoms with Crippen molar-refractivity contribution in [3.63, 3.8) is 0 Å². The highest BCUT2D eigenvalue weighted by atomic mass is 127. The van der Waals surface area contributed by atoms with Crippen LogP contribution in [0, 0.1) is 14.9 Å². The highest BCUT2D eigenvalue weighted by Gasteiger charge is 2.14. The number of hydrogen-bond donors (Lipinski definition) is 1. The lowest BCUT2D eigenvalue weighted by atomic mass is 10.1. The Morgan fingerprint density at radius 3 is 2.73 bits per heavy atom. The molecular weight excluding hydrogens is 467 g/mol. The molecule has 26 heavy (non-hydrogen) atoms. The van der Waals surface area contributed by atoms with E-state index in [9.17, 15) is 10.1 Å². The first-order valence-electron chi connectivity index (χ1n) is 7.68. The number of halogens is 2. The van der Waals surface area contributed by atoms with Gasteiger partial charge in [-0.25, -0.2) is 0 Å². The highest BCUT2D eigenvalue weighted by Crippen LogP contribution is 2.37. The molecule has 0 heterocycles. The lowest BCUT2D eigenvalue weighted by Gasteiger charge is -2.12. The van der Waals surface area contributed by atoms with E-state index in [0.717, 1.165) is 3.57 Å². The van der Waals surface area contributed by atoms with Crippen molar-refractivity contribution in [2.75, 3.05) is 19.0 Å². The molecule has 0 bridgehead atoms. The maximum Gasteiger partial charge on any atom is 0.266 e. The number of hydrogen-bond acceptors (Lipinski definition) is 4. The number of methoxy groups -OCH3 is 1. The molecule has 0 spiro atoms. The Kier molecular flexibility index (Phi) is 7.30. The fourth-order valence-corrected chi connectivity index (χ4v) is 2.97. The van der Waals surface area contributed by atoms with Crippen molar-refractivity contribution in [1.29, 1.82) is 5.26 Å². The lowest BCUT2D eigenvalue weighted by Crippen LogP contribution is -2.14. The second-order valence-electron chi connectivity index (χ2n) is 5.07. The Hall–Kier alpha value is -2.24. The number of nitrogens with one attached hydrogen (secondary N) is 1. The van der Waals surface area contributed by atoms with E-state index >= 15 is 0 Å². The Labute approximate surface area is 170 Å². The van der Waals surface area contributed by atoms with E-state index in [2.05, 4.69) is 27.9 Å². The molecule has 2 rings (SSSR count). The summed E-state index contributed by atoms with van der Waals surface area (Å²) in [6.45, 7) is 2.28. The van der Waals surface area contributed by atoms with Crippen LogP contribution in [0.3, 0.4) is 0 Å². The Morgan fingerprint density at radius 1 is 1.38 bits per heavy atom. The zero-order valence-electron chi connectivity index (χ0n) is 14.2. The molecule has 0 radical (unpaired) electrons. The van der Waals surface area contributed by atoms with Gasteiger partial charge in [-0.15, -0.1) is 0 Å². The smallest absolute Gasteiger partial charge is 0.266 e.